The summed E-state index contributed by atoms with van der Waals surface area (Å²) in [5, 5.41) is 33.8. The van der Waals surface area contributed by atoms with Gasteiger partial charge in [0.2, 0.25) is 0 Å². The lowest BCUT2D eigenvalue weighted by Crippen LogP contribution is -2.76. The summed E-state index contributed by atoms with van der Waals surface area (Å²) in [4.78, 5) is 25.8. The van der Waals surface area contributed by atoms with Crippen molar-refractivity contribution in [3.63, 3.8) is 0 Å². The molecule has 5 fully saturated rings. The fraction of sp³-hybridized carbons (Fsp3) is 0.828. The summed E-state index contributed by atoms with van der Waals surface area (Å²) in [6.07, 6.45) is 7.51. The molecular formula is C29H44O8. The number of ether oxygens (including phenoxy) is 2. The van der Waals surface area contributed by atoms with E-state index < -0.39 is 64.9 Å². The molecule has 0 aromatic carbocycles. The molecule has 6 aliphatic rings. The van der Waals surface area contributed by atoms with Crippen molar-refractivity contribution in [2.24, 2.45) is 17.8 Å². The van der Waals surface area contributed by atoms with E-state index in [0.717, 1.165) is 24.8 Å². The van der Waals surface area contributed by atoms with E-state index >= 15 is 0 Å². The Bertz CT molecular complexity index is 964. The fourth-order valence-electron chi connectivity index (χ4n) is 7.97. The predicted octanol–water partition coefficient (Wildman–Crippen LogP) is 3.17. The Labute approximate surface area is 219 Å². The van der Waals surface area contributed by atoms with Gasteiger partial charge in [-0.1, -0.05) is 65.0 Å². The third kappa shape index (κ3) is 3.56. The SMILES string of the molecule is C=C(C)C12C[C@@H](C)[C@@]3(OO1)[C@H]([C@H]2OCCCCCCCCC)[C@@H]1O[C@]1(CO)[C@@H](O)[C@]1(O)C(=O)C(C)=C[C@H]13. The zero-order chi connectivity index (χ0) is 26.8. The third-order valence-electron chi connectivity index (χ3n) is 10.1. The van der Waals surface area contributed by atoms with Crippen LogP contribution in [0.25, 0.3) is 0 Å². The second kappa shape index (κ2) is 9.51. The van der Waals surface area contributed by atoms with Crippen LogP contribution in [0.15, 0.2) is 23.8 Å². The highest BCUT2D eigenvalue weighted by Gasteiger charge is 2.86. The van der Waals surface area contributed by atoms with E-state index in [1.54, 1.807) is 13.0 Å². The fourth-order valence-corrected chi connectivity index (χ4v) is 7.97. The molecule has 6 rings (SSSR count). The van der Waals surface area contributed by atoms with Crippen LogP contribution >= 0.6 is 0 Å². The van der Waals surface area contributed by atoms with Crippen molar-refractivity contribution < 1.29 is 39.4 Å². The van der Waals surface area contributed by atoms with E-state index in [1.165, 1.54) is 25.7 Å². The minimum atomic E-state index is -2.20. The quantitative estimate of drug-likeness (QED) is 0.165. The molecule has 208 valence electrons. The van der Waals surface area contributed by atoms with E-state index in [0.29, 0.717) is 18.6 Å². The second-order valence-electron chi connectivity index (χ2n) is 12.3. The number of carbonyl (C=O) groups excluding carboxylic acids is 1. The summed E-state index contributed by atoms with van der Waals surface area (Å²) in [6, 6.07) is 0. The van der Waals surface area contributed by atoms with Crippen molar-refractivity contribution in [1.29, 1.82) is 0 Å². The summed E-state index contributed by atoms with van der Waals surface area (Å²) in [5.74, 6) is -2.13. The van der Waals surface area contributed by atoms with Crippen LogP contribution < -0.4 is 0 Å². The van der Waals surface area contributed by atoms with Crippen LogP contribution in [0.2, 0.25) is 0 Å². The van der Waals surface area contributed by atoms with Gasteiger partial charge < -0.3 is 24.8 Å². The summed E-state index contributed by atoms with van der Waals surface area (Å²) >= 11 is 0. The number of fused-ring (bicyclic) bond motifs is 4. The van der Waals surface area contributed by atoms with E-state index in [-0.39, 0.29) is 5.92 Å². The first kappa shape index (κ1) is 27.4. The molecule has 0 radical (unpaired) electrons. The van der Waals surface area contributed by atoms with Gasteiger partial charge in [-0.3, -0.25) is 4.79 Å². The minimum absolute atomic E-state index is 0.182. The van der Waals surface area contributed by atoms with Crippen LogP contribution in [0.3, 0.4) is 0 Å². The standard InChI is InChI=1S/C29H44O8/c1-6-7-8-9-10-11-12-13-34-23-21-24-27(16-30,35-24)25(32)28(33)20(14-18(4)22(28)31)29(21)19(5)15-26(23,17(2)3)36-37-29/h14,19-21,23-25,30,32-33H,2,6-13,15-16H2,1,3-5H3/t19-,20-,21-,23-,24+,25-,26?,27+,28-,29+/m1/s1. The van der Waals surface area contributed by atoms with E-state index in [1.807, 2.05) is 13.8 Å². The van der Waals surface area contributed by atoms with Gasteiger partial charge in [0.25, 0.3) is 0 Å². The van der Waals surface area contributed by atoms with Crippen LogP contribution in [0.5, 0.6) is 0 Å². The maximum Gasteiger partial charge on any atom is 0.193 e. The predicted molar refractivity (Wildman–Crippen MR) is 135 cm³/mol. The van der Waals surface area contributed by atoms with E-state index in [9.17, 15) is 20.1 Å². The molecule has 0 aromatic rings. The molecule has 0 aromatic heterocycles. The molecule has 2 bridgehead atoms. The number of Topliss-reactive ketones (excluding diaryl/α,β-unsaturated/α-hetero) is 1. The van der Waals surface area contributed by atoms with Crippen molar-refractivity contribution >= 4 is 5.78 Å². The molecule has 37 heavy (non-hydrogen) atoms. The molecule has 3 N–H and O–H groups in total. The lowest BCUT2D eigenvalue weighted by atomic mass is 9.53. The van der Waals surface area contributed by atoms with Gasteiger partial charge in [-0.05, 0) is 43.8 Å². The molecule has 8 nitrogen and oxygen atoms in total. The number of hydrogen-bond donors (Lipinski definition) is 3. The highest BCUT2D eigenvalue weighted by atomic mass is 17.2. The van der Waals surface area contributed by atoms with Crippen molar-refractivity contribution in [2.75, 3.05) is 13.2 Å². The summed E-state index contributed by atoms with van der Waals surface area (Å²) < 4.78 is 12.7. The van der Waals surface area contributed by atoms with Gasteiger partial charge in [0.05, 0.1) is 12.5 Å². The molecule has 3 aliphatic heterocycles. The molecule has 10 atom stereocenters. The molecule has 3 aliphatic carbocycles. The van der Waals surface area contributed by atoms with Gasteiger partial charge in [-0.25, -0.2) is 9.78 Å². The van der Waals surface area contributed by atoms with Gasteiger partial charge in [-0.2, -0.15) is 0 Å². The highest BCUT2D eigenvalue weighted by Crippen LogP contribution is 2.69. The lowest BCUT2D eigenvalue weighted by Gasteiger charge is -2.64. The zero-order valence-electron chi connectivity index (χ0n) is 22.7. The van der Waals surface area contributed by atoms with Crippen LogP contribution in [0, 0.1) is 17.8 Å². The van der Waals surface area contributed by atoms with Crippen molar-refractivity contribution in [3.05, 3.63) is 23.8 Å². The van der Waals surface area contributed by atoms with Gasteiger partial charge in [0.15, 0.2) is 17.0 Å². The van der Waals surface area contributed by atoms with Crippen LogP contribution in [-0.4, -0.2) is 75.0 Å². The van der Waals surface area contributed by atoms with Crippen molar-refractivity contribution in [1.82, 2.24) is 0 Å². The summed E-state index contributed by atoms with van der Waals surface area (Å²) in [7, 11) is 0. The van der Waals surface area contributed by atoms with E-state index in [4.69, 9.17) is 19.2 Å². The molecule has 0 amide bonds. The number of hydrogen-bond acceptors (Lipinski definition) is 8. The maximum atomic E-state index is 13.3. The van der Waals surface area contributed by atoms with Crippen molar-refractivity contribution in [3.8, 4) is 0 Å². The molecule has 2 saturated carbocycles. The number of ketones is 1. The van der Waals surface area contributed by atoms with Crippen LogP contribution in [0.1, 0.15) is 79.1 Å². The van der Waals surface area contributed by atoms with Gasteiger partial charge in [0, 0.05) is 12.5 Å². The Morgan fingerprint density at radius 1 is 1.19 bits per heavy atom. The largest absolute Gasteiger partial charge is 0.393 e. The van der Waals surface area contributed by atoms with Gasteiger partial charge in [-0.15, -0.1) is 0 Å². The monoisotopic (exact) mass is 520 g/mol. The van der Waals surface area contributed by atoms with Crippen LogP contribution in [0.4, 0.5) is 0 Å². The smallest absolute Gasteiger partial charge is 0.193 e. The Hall–Kier alpha value is -1.13. The number of aliphatic hydroxyl groups is 3. The Morgan fingerprint density at radius 2 is 1.86 bits per heavy atom. The Kier molecular flexibility index (Phi) is 7.05. The lowest BCUT2D eigenvalue weighted by molar-refractivity contribution is -0.517. The van der Waals surface area contributed by atoms with Crippen molar-refractivity contribution in [2.45, 2.75) is 120 Å². The summed E-state index contributed by atoms with van der Waals surface area (Å²) in [5.41, 5.74) is -4.69. The molecule has 3 saturated heterocycles. The third-order valence-corrected chi connectivity index (χ3v) is 10.1. The Balaban J connectivity index is 1.49. The Morgan fingerprint density at radius 3 is 2.49 bits per heavy atom. The molecule has 3 heterocycles. The number of carbonyl (C=O) groups is 1. The average molecular weight is 521 g/mol. The first-order chi connectivity index (χ1) is 17.6. The molecule has 8 heteroatoms. The number of aliphatic hydroxyl groups excluding tert-OH is 2. The highest BCUT2D eigenvalue weighted by molar-refractivity contribution is 6.05. The summed E-state index contributed by atoms with van der Waals surface area (Å²) in [6.45, 7) is 12.0. The number of epoxide rings is 1. The molecular weight excluding hydrogens is 476 g/mol. The zero-order valence-corrected chi connectivity index (χ0v) is 22.7. The molecule has 1 unspecified atom stereocenters. The van der Waals surface area contributed by atoms with Gasteiger partial charge in [0.1, 0.15) is 29.5 Å². The minimum Gasteiger partial charge on any atom is -0.393 e. The number of rotatable bonds is 11. The average Bonchev–Trinajstić information content (AvgIpc) is 3.57. The van der Waals surface area contributed by atoms with Gasteiger partial charge >= 0.3 is 0 Å². The molecule has 1 spiro atoms. The first-order valence-electron chi connectivity index (χ1n) is 14.1. The number of unbranched alkanes of at least 4 members (excludes halogenated alkanes) is 6. The second-order valence-corrected chi connectivity index (χ2v) is 12.3. The first-order valence-corrected chi connectivity index (χ1v) is 14.1. The van der Waals surface area contributed by atoms with Crippen LogP contribution in [-0.2, 0) is 24.0 Å². The maximum absolute atomic E-state index is 13.3. The van der Waals surface area contributed by atoms with E-state index in [2.05, 4.69) is 13.5 Å². The topological polar surface area (TPSA) is 118 Å². The normalized spacial score (nSPS) is 47.6.